The highest BCUT2D eigenvalue weighted by Gasteiger charge is 2.21. The van der Waals surface area contributed by atoms with Crippen molar-refractivity contribution in [1.29, 1.82) is 0 Å². The van der Waals surface area contributed by atoms with Crippen LogP contribution < -0.4 is 4.74 Å². The van der Waals surface area contributed by atoms with Gasteiger partial charge in [-0.3, -0.25) is 4.98 Å². The third-order valence-electron chi connectivity index (χ3n) is 4.04. The third kappa shape index (κ3) is 7.84. The molecule has 1 aromatic rings. The minimum Gasteiger partial charge on any atom is -0.490 e. The van der Waals surface area contributed by atoms with Gasteiger partial charge in [0.1, 0.15) is 19.0 Å². The number of ether oxygens (including phenoxy) is 4. The molecule has 0 aliphatic carbocycles. The van der Waals surface area contributed by atoms with Crippen LogP contribution in [0.2, 0.25) is 0 Å². The smallest absolute Gasteiger partial charge is 0.138 e. The summed E-state index contributed by atoms with van der Waals surface area (Å²) in [5.41, 5.74) is 0.831. The molecule has 0 radical (unpaired) electrons. The molecule has 2 rings (SSSR count). The van der Waals surface area contributed by atoms with Crippen molar-refractivity contribution < 1.29 is 18.9 Å². The van der Waals surface area contributed by atoms with E-state index in [1.165, 1.54) is 12.8 Å². The molecule has 1 atom stereocenters. The van der Waals surface area contributed by atoms with E-state index in [0.717, 1.165) is 17.9 Å². The van der Waals surface area contributed by atoms with Gasteiger partial charge in [-0.25, -0.2) is 0 Å². The molecule has 1 aliphatic rings. The zero-order chi connectivity index (χ0) is 17.7. The number of rotatable bonds is 10. The lowest BCUT2D eigenvalue weighted by atomic mass is 10.2. The van der Waals surface area contributed by atoms with Gasteiger partial charge in [-0.05, 0) is 32.5 Å². The van der Waals surface area contributed by atoms with Crippen LogP contribution in [0.3, 0.4) is 0 Å². The van der Waals surface area contributed by atoms with E-state index in [0.29, 0.717) is 45.7 Å². The Morgan fingerprint density at radius 3 is 2.84 bits per heavy atom. The molecule has 6 nitrogen and oxygen atoms in total. The number of hydrogen-bond acceptors (Lipinski definition) is 6. The molecule has 1 fully saturated rings. The van der Waals surface area contributed by atoms with Crippen LogP contribution >= 0.6 is 0 Å². The summed E-state index contributed by atoms with van der Waals surface area (Å²) in [6.45, 7) is 4.46. The number of aromatic nitrogens is 1. The monoisotopic (exact) mass is 348 g/mol. The van der Waals surface area contributed by atoms with Crippen molar-refractivity contribution in [1.82, 2.24) is 9.88 Å². The van der Waals surface area contributed by atoms with Crippen LogP contribution in [0, 0.1) is 11.8 Å². The molecule has 25 heavy (non-hydrogen) atoms. The maximum absolute atomic E-state index is 5.86. The second-order valence-electron chi connectivity index (χ2n) is 5.96. The Bertz CT molecular complexity index is 556. The standard InChI is InChI=1S/C19H28N2O4/c1-21-7-3-6-18(21)16-25-19-13-17(14-20-15-19)5-4-8-23-11-12-24-10-9-22-2/h13-15,18H,3,6-12,16H2,1-2H3/t18-/m0/s1. The van der Waals surface area contributed by atoms with Gasteiger partial charge < -0.3 is 23.8 Å². The Morgan fingerprint density at radius 2 is 2.04 bits per heavy atom. The zero-order valence-corrected chi connectivity index (χ0v) is 15.2. The first kappa shape index (κ1) is 19.7. The Labute approximate surface area is 150 Å². The van der Waals surface area contributed by atoms with E-state index < -0.39 is 0 Å². The highest BCUT2D eigenvalue weighted by molar-refractivity contribution is 5.36. The van der Waals surface area contributed by atoms with E-state index in [1.54, 1.807) is 19.5 Å². The van der Waals surface area contributed by atoms with E-state index in [9.17, 15) is 0 Å². The summed E-state index contributed by atoms with van der Waals surface area (Å²) in [4.78, 5) is 6.53. The highest BCUT2D eigenvalue weighted by atomic mass is 16.5. The molecule has 0 N–H and O–H groups in total. The predicted molar refractivity (Wildman–Crippen MR) is 95.8 cm³/mol. The van der Waals surface area contributed by atoms with Crippen LogP contribution in [0.1, 0.15) is 18.4 Å². The number of pyridine rings is 1. The molecular formula is C19H28N2O4. The van der Waals surface area contributed by atoms with Crippen molar-refractivity contribution in [3.05, 3.63) is 24.0 Å². The van der Waals surface area contributed by atoms with Crippen molar-refractivity contribution in [2.24, 2.45) is 0 Å². The average Bonchev–Trinajstić information content (AvgIpc) is 3.04. The quantitative estimate of drug-likeness (QED) is 0.473. The summed E-state index contributed by atoms with van der Waals surface area (Å²) in [6.07, 6.45) is 5.89. The molecule has 1 saturated heterocycles. The molecule has 138 valence electrons. The van der Waals surface area contributed by atoms with E-state index in [4.69, 9.17) is 18.9 Å². The number of hydrogen-bond donors (Lipinski definition) is 0. The average molecular weight is 348 g/mol. The largest absolute Gasteiger partial charge is 0.490 e. The molecule has 1 aromatic heterocycles. The zero-order valence-electron chi connectivity index (χ0n) is 15.2. The highest BCUT2D eigenvalue weighted by Crippen LogP contribution is 2.17. The maximum atomic E-state index is 5.86. The van der Waals surface area contributed by atoms with Crippen molar-refractivity contribution >= 4 is 0 Å². The van der Waals surface area contributed by atoms with Crippen molar-refractivity contribution in [2.45, 2.75) is 18.9 Å². The van der Waals surface area contributed by atoms with Gasteiger partial charge >= 0.3 is 0 Å². The van der Waals surface area contributed by atoms with Crippen LogP contribution in [0.5, 0.6) is 5.75 Å². The Hall–Kier alpha value is -1.65. The summed E-state index contributed by atoms with van der Waals surface area (Å²) in [5, 5.41) is 0. The molecule has 0 saturated carbocycles. The molecular weight excluding hydrogens is 320 g/mol. The number of nitrogens with zero attached hydrogens (tertiary/aromatic N) is 2. The summed E-state index contributed by atoms with van der Waals surface area (Å²) < 4.78 is 21.5. The van der Waals surface area contributed by atoms with Gasteiger partial charge in [0.2, 0.25) is 0 Å². The molecule has 6 heteroatoms. The maximum Gasteiger partial charge on any atom is 0.138 e. The van der Waals surface area contributed by atoms with Crippen LogP contribution in [0.25, 0.3) is 0 Å². The van der Waals surface area contributed by atoms with Gasteiger partial charge in [0, 0.05) is 24.9 Å². The van der Waals surface area contributed by atoms with Gasteiger partial charge in [0.25, 0.3) is 0 Å². The number of likely N-dealkylation sites (tertiary alicyclic amines) is 1. The van der Waals surface area contributed by atoms with Crippen molar-refractivity contribution in [3.8, 4) is 17.6 Å². The third-order valence-corrected chi connectivity index (χ3v) is 4.04. The minimum atomic E-state index is 0.367. The molecule has 0 bridgehead atoms. The minimum absolute atomic E-state index is 0.367. The summed E-state index contributed by atoms with van der Waals surface area (Å²) >= 11 is 0. The molecule has 0 unspecified atom stereocenters. The molecule has 0 spiro atoms. The normalized spacial score (nSPS) is 17.3. The van der Waals surface area contributed by atoms with Gasteiger partial charge in [-0.2, -0.15) is 0 Å². The Balaban J connectivity index is 1.65. The number of methoxy groups -OCH3 is 1. The lowest BCUT2D eigenvalue weighted by molar-refractivity contribution is 0.0324. The van der Waals surface area contributed by atoms with E-state index >= 15 is 0 Å². The van der Waals surface area contributed by atoms with Crippen LogP contribution in [-0.4, -0.2) is 76.3 Å². The summed E-state index contributed by atoms with van der Waals surface area (Å²) in [5.74, 6) is 6.79. The first-order chi connectivity index (χ1) is 12.3. The number of likely N-dealkylation sites (N-methyl/N-ethyl adjacent to an activating group) is 1. The second-order valence-corrected chi connectivity index (χ2v) is 5.96. The summed E-state index contributed by atoms with van der Waals surface area (Å²) in [6, 6.07) is 2.41. The fourth-order valence-electron chi connectivity index (χ4n) is 2.57. The van der Waals surface area contributed by atoms with Gasteiger partial charge in [0.15, 0.2) is 0 Å². The Morgan fingerprint density at radius 1 is 1.20 bits per heavy atom. The molecule has 0 amide bonds. The first-order valence-electron chi connectivity index (χ1n) is 8.71. The lowest BCUT2D eigenvalue weighted by Gasteiger charge is -2.19. The van der Waals surface area contributed by atoms with Crippen LogP contribution in [0.15, 0.2) is 18.5 Å². The Kier molecular flexibility index (Phi) is 9.31. The predicted octanol–water partition coefficient (Wildman–Crippen LogP) is 1.59. The second kappa shape index (κ2) is 11.8. The molecule has 1 aliphatic heterocycles. The van der Waals surface area contributed by atoms with E-state index in [-0.39, 0.29) is 0 Å². The molecule has 0 aromatic carbocycles. The fraction of sp³-hybridized carbons (Fsp3) is 0.632. The first-order valence-corrected chi connectivity index (χ1v) is 8.71. The van der Waals surface area contributed by atoms with Gasteiger partial charge in [-0.1, -0.05) is 11.8 Å². The fourth-order valence-corrected chi connectivity index (χ4v) is 2.57. The van der Waals surface area contributed by atoms with Gasteiger partial charge in [-0.15, -0.1) is 0 Å². The lowest BCUT2D eigenvalue weighted by Crippen LogP contribution is -2.30. The topological polar surface area (TPSA) is 53.1 Å². The van der Waals surface area contributed by atoms with Crippen molar-refractivity contribution in [3.63, 3.8) is 0 Å². The van der Waals surface area contributed by atoms with Crippen LogP contribution in [0.4, 0.5) is 0 Å². The van der Waals surface area contributed by atoms with Crippen LogP contribution in [-0.2, 0) is 14.2 Å². The van der Waals surface area contributed by atoms with E-state index in [2.05, 4.69) is 28.8 Å². The summed E-state index contributed by atoms with van der Waals surface area (Å²) in [7, 11) is 3.79. The van der Waals surface area contributed by atoms with Gasteiger partial charge in [0.05, 0.1) is 32.6 Å². The SMILES string of the molecule is COCCOCCOCC#Cc1cncc(OC[C@@H]2CCCN2C)c1. The van der Waals surface area contributed by atoms with Crippen molar-refractivity contribution in [2.75, 3.05) is 60.3 Å². The van der Waals surface area contributed by atoms with E-state index in [1.807, 2.05) is 6.07 Å². The molecule has 2 heterocycles.